The van der Waals surface area contributed by atoms with E-state index in [0.717, 1.165) is 37.3 Å². The van der Waals surface area contributed by atoms with Gasteiger partial charge in [0.25, 0.3) is 16.0 Å². The zero-order chi connectivity index (χ0) is 27.8. The van der Waals surface area contributed by atoms with Gasteiger partial charge in [-0.25, -0.2) is 0 Å². The molecular weight excluding hydrogens is 496 g/mol. The van der Waals surface area contributed by atoms with E-state index in [1.54, 1.807) is 26.0 Å². The van der Waals surface area contributed by atoms with E-state index >= 15 is 0 Å². The Labute approximate surface area is 220 Å². The van der Waals surface area contributed by atoms with Crippen molar-refractivity contribution in [3.05, 3.63) is 52.5 Å². The third-order valence-electron chi connectivity index (χ3n) is 5.50. The SMILES string of the molecule is C/C=C\C=C(/CC)S(=O)(=O)O.CC.O=C1CCCC(=O)N1.O=C1NCc2cc(N3CCNCC3)ccc21. The van der Waals surface area contributed by atoms with Gasteiger partial charge in [-0.3, -0.25) is 24.3 Å². The molecule has 3 aliphatic rings. The molecule has 2 fully saturated rings. The Kier molecular flexibility index (Phi) is 14.4. The van der Waals surface area contributed by atoms with Crippen molar-refractivity contribution in [2.24, 2.45) is 0 Å². The summed E-state index contributed by atoms with van der Waals surface area (Å²) >= 11 is 0. The fourth-order valence-electron chi connectivity index (χ4n) is 3.62. The third kappa shape index (κ3) is 11.3. The Balaban J connectivity index is 0.000000286. The van der Waals surface area contributed by atoms with Crippen molar-refractivity contribution in [2.45, 2.75) is 59.9 Å². The summed E-state index contributed by atoms with van der Waals surface area (Å²) in [5.74, 6) is -0.218. The number of allylic oxidation sites excluding steroid dienone is 4. The molecule has 0 unspecified atom stereocenters. The van der Waals surface area contributed by atoms with Crippen LogP contribution in [0.25, 0.3) is 0 Å². The van der Waals surface area contributed by atoms with E-state index in [4.69, 9.17) is 4.55 Å². The van der Waals surface area contributed by atoms with E-state index in [2.05, 4.69) is 33.0 Å². The molecule has 4 N–H and O–H groups in total. The first kappa shape index (κ1) is 32.0. The van der Waals surface area contributed by atoms with Crippen molar-refractivity contribution in [3.63, 3.8) is 0 Å². The highest BCUT2D eigenvalue weighted by molar-refractivity contribution is 7.89. The van der Waals surface area contributed by atoms with Crippen LogP contribution in [0.2, 0.25) is 0 Å². The van der Waals surface area contributed by atoms with Crippen LogP contribution in [-0.4, -0.2) is 56.9 Å². The minimum Gasteiger partial charge on any atom is -0.369 e. The molecule has 4 rings (SSSR count). The lowest BCUT2D eigenvalue weighted by molar-refractivity contribution is -0.132. The number of piperidine rings is 1. The van der Waals surface area contributed by atoms with Gasteiger partial charge in [-0.2, -0.15) is 8.42 Å². The fraction of sp³-hybridized carbons (Fsp3) is 0.500. The van der Waals surface area contributed by atoms with Crippen LogP contribution in [0.5, 0.6) is 0 Å². The van der Waals surface area contributed by atoms with Crippen molar-refractivity contribution in [3.8, 4) is 0 Å². The maximum atomic E-state index is 11.4. The number of imide groups is 1. The largest absolute Gasteiger partial charge is 0.369 e. The summed E-state index contributed by atoms with van der Waals surface area (Å²) < 4.78 is 29.6. The fourth-order valence-corrected chi connectivity index (χ4v) is 4.23. The summed E-state index contributed by atoms with van der Waals surface area (Å²) in [7, 11) is -3.98. The summed E-state index contributed by atoms with van der Waals surface area (Å²) in [6.45, 7) is 12.3. The lowest BCUT2D eigenvalue weighted by Crippen LogP contribution is -2.43. The number of anilines is 1. The number of fused-ring (bicyclic) bond motifs is 1. The zero-order valence-corrected chi connectivity index (χ0v) is 23.0. The van der Waals surface area contributed by atoms with Gasteiger partial charge in [0.15, 0.2) is 0 Å². The van der Waals surface area contributed by atoms with Crippen LogP contribution in [0.15, 0.2) is 41.3 Å². The number of nitrogens with zero attached hydrogens (tertiary/aromatic N) is 1. The minimum atomic E-state index is -3.98. The molecule has 0 aromatic heterocycles. The van der Waals surface area contributed by atoms with Gasteiger partial charge in [0.1, 0.15) is 0 Å². The van der Waals surface area contributed by atoms with Gasteiger partial charge in [-0.1, -0.05) is 32.9 Å². The van der Waals surface area contributed by atoms with Crippen molar-refractivity contribution < 1.29 is 27.4 Å². The number of carbonyl (C=O) groups excluding carboxylic acids is 3. The molecule has 0 radical (unpaired) electrons. The average Bonchev–Trinajstić information content (AvgIpc) is 3.26. The van der Waals surface area contributed by atoms with Crippen molar-refractivity contribution in [2.75, 3.05) is 31.1 Å². The predicted octanol–water partition coefficient (Wildman–Crippen LogP) is 2.92. The summed E-state index contributed by atoms with van der Waals surface area (Å²) in [6, 6.07) is 6.13. The van der Waals surface area contributed by atoms with Crippen LogP contribution in [0.3, 0.4) is 0 Å². The monoisotopic (exact) mass is 536 g/mol. The molecule has 0 aliphatic carbocycles. The molecule has 3 heterocycles. The second-order valence-corrected chi connectivity index (χ2v) is 9.55. The van der Waals surface area contributed by atoms with E-state index in [1.807, 2.05) is 19.9 Å². The highest BCUT2D eigenvalue weighted by atomic mass is 32.2. The second-order valence-electron chi connectivity index (χ2n) is 8.07. The summed E-state index contributed by atoms with van der Waals surface area (Å²) in [5.41, 5.74) is 3.19. The van der Waals surface area contributed by atoms with Crippen LogP contribution in [0.4, 0.5) is 5.69 Å². The topological polar surface area (TPSA) is 145 Å². The van der Waals surface area contributed by atoms with Gasteiger partial charge in [0.2, 0.25) is 11.8 Å². The van der Waals surface area contributed by atoms with E-state index in [9.17, 15) is 22.8 Å². The number of rotatable bonds is 4. The highest BCUT2D eigenvalue weighted by Crippen LogP contribution is 2.23. The van der Waals surface area contributed by atoms with Gasteiger partial charge in [0.05, 0.1) is 4.91 Å². The molecule has 10 nitrogen and oxygen atoms in total. The van der Waals surface area contributed by atoms with E-state index < -0.39 is 10.1 Å². The lowest BCUT2D eigenvalue weighted by atomic mass is 10.1. The summed E-state index contributed by atoms with van der Waals surface area (Å²) in [5, 5.41) is 8.38. The second kappa shape index (κ2) is 16.7. The number of carbonyl (C=O) groups is 3. The first-order chi connectivity index (χ1) is 17.7. The van der Waals surface area contributed by atoms with Crippen molar-refractivity contribution in [1.29, 1.82) is 0 Å². The number of hydrogen-bond donors (Lipinski definition) is 4. The highest BCUT2D eigenvalue weighted by Gasteiger charge is 2.20. The van der Waals surface area contributed by atoms with E-state index in [-0.39, 0.29) is 22.6 Å². The molecule has 0 bridgehead atoms. The maximum Gasteiger partial charge on any atom is 0.290 e. The molecule has 206 valence electrons. The zero-order valence-electron chi connectivity index (χ0n) is 22.2. The van der Waals surface area contributed by atoms with Crippen molar-refractivity contribution in [1.82, 2.24) is 16.0 Å². The molecule has 0 atom stereocenters. The third-order valence-corrected chi connectivity index (χ3v) is 6.58. The molecule has 2 saturated heterocycles. The van der Waals surface area contributed by atoms with Crippen LogP contribution >= 0.6 is 0 Å². The Morgan fingerprint density at radius 2 is 1.70 bits per heavy atom. The number of piperazine rings is 1. The maximum absolute atomic E-state index is 11.4. The molecule has 0 saturated carbocycles. The van der Waals surface area contributed by atoms with Gasteiger partial charge in [-0.05, 0) is 49.6 Å². The lowest BCUT2D eigenvalue weighted by Gasteiger charge is -2.29. The number of benzene rings is 1. The molecular formula is C26H40N4O6S. The molecule has 11 heteroatoms. The van der Waals surface area contributed by atoms with E-state index in [0.29, 0.717) is 32.2 Å². The Bertz CT molecular complexity index is 1060. The summed E-state index contributed by atoms with van der Waals surface area (Å²) in [4.78, 5) is 34.5. The molecule has 37 heavy (non-hydrogen) atoms. The smallest absolute Gasteiger partial charge is 0.290 e. The molecule has 3 amide bonds. The first-order valence-corrected chi connectivity index (χ1v) is 14.1. The van der Waals surface area contributed by atoms with Crippen LogP contribution in [0, 0.1) is 0 Å². The van der Waals surface area contributed by atoms with Crippen molar-refractivity contribution >= 4 is 33.5 Å². The Morgan fingerprint density at radius 1 is 1.08 bits per heavy atom. The molecule has 0 spiro atoms. The standard InChI is InChI=1S/C12H15N3O.C7H12O3S.C5H7NO2.C2H6/c16-12-11-2-1-10(7-9(11)8-14-12)15-5-3-13-4-6-15;1-3-5-6-7(4-2)11(8,9)10;7-4-2-1-3-5(8)6-4;1-2/h1-2,7,13H,3-6,8H2,(H,14,16);3,5-6H,4H2,1-2H3,(H,8,9,10);1-3H2,(H,6,7,8);1-2H3/b;5-3-,7-6+;;. The quantitative estimate of drug-likeness (QED) is 0.261. The van der Waals surface area contributed by atoms with Gasteiger partial charge < -0.3 is 15.5 Å². The predicted molar refractivity (Wildman–Crippen MR) is 146 cm³/mol. The van der Waals surface area contributed by atoms with Gasteiger partial charge in [-0.15, -0.1) is 0 Å². The normalized spacial score (nSPS) is 17.3. The number of nitrogens with one attached hydrogen (secondary N) is 3. The van der Waals surface area contributed by atoms with Gasteiger partial charge in [0, 0.05) is 56.8 Å². The first-order valence-electron chi connectivity index (χ1n) is 12.6. The van der Waals surface area contributed by atoms with Crippen LogP contribution in [0.1, 0.15) is 69.3 Å². The molecule has 3 aliphatic heterocycles. The Hall–Kier alpha value is -3.02. The minimum absolute atomic E-state index is 0.0376. The van der Waals surface area contributed by atoms with Crippen LogP contribution < -0.4 is 20.9 Å². The molecule has 1 aromatic carbocycles. The number of amides is 3. The van der Waals surface area contributed by atoms with Crippen LogP contribution in [-0.2, 0) is 26.3 Å². The van der Waals surface area contributed by atoms with Gasteiger partial charge >= 0.3 is 0 Å². The summed E-state index contributed by atoms with van der Waals surface area (Å²) in [6.07, 6.45) is 6.69. The Morgan fingerprint density at radius 3 is 2.19 bits per heavy atom. The van der Waals surface area contributed by atoms with E-state index in [1.165, 1.54) is 11.8 Å². The average molecular weight is 537 g/mol. The molecule has 1 aromatic rings. The number of hydrogen-bond acceptors (Lipinski definition) is 7.